The molecule has 1 aromatic rings. The van der Waals surface area contributed by atoms with Crippen LogP contribution in [0, 0.1) is 5.41 Å². The smallest absolute Gasteiger partial charge is 0.123 e. The summed E-state index contributed by atoms with van der Waals surface area (Å²) >= 11 is 0. The van der Waals surface area contributed by atoms with Crippen LogP contribution in [-0.2, 0) is 0 Å². The third-order valence-electron chi connectivity index (χ3n) is 2.74. The maximum Gasteiger partial charge on any atom is 0.123 e. The first-order valence-corrected chi connectivity index (χ1v) is 6.13. The van der Waals surface area contributed by atoms with Gasteiger partial charge in [0, 0.05) is 6.42 Å². The van der Waals surface area contributed by atoms with Crippen LogP contribution in [0.25, 0.3) is 0 Å². The minimum absolute atomic E-state index is 0.00704. The summed E-state index contributed by atoms with van der Waals surface area (Å²) < 4.78 is 5.95. The van der Waals surface area contributed by atoms with Crippen molar-refractivity contribution in [3.63, 3.8) is 0 Å². The highest BCUT2D eigenvalue weighted by Gasteiger charge is 2.13. The van der Waals surface area contributed by atoms with E-state index in [1.165, 1.54) is 5.56 Å². The van der Waals surface area contributed by atoms with Crippen molar-refractivity contribution < 1.29 is 4.74 Å². The summed E-state index contributed by atoms with van der Waals surface area (Å²) in [4.78, 5) is 0. The van der Waals surface area contributed by atoms with E-state index in [0.717, 1.165) is 12.2 Å². The van der Waals surface area contributed by atoms with Crippen LogP contribution in [0.5, 0.6) is 5.75 Å². The Balaban J connectivity index is 2.82. The van der Waals surface area contributed by atoms with Crippen molar-refractivity contribution in [2.45, 2.75) is 45.6 Å². The Hall–Kier alpha value is -1.51. The summed E-state index contributed by atoms with van der Waals surface area (Å²) in [7, 11) is 0. The Morgan fingerprint density at radius 3 is 2.53 bits per heavy atom. The van der Waals surface area contributed by atoms with Crippen molar-refractivity contribution in [1.29, 1.82) is 5.41 Å². The van der Waals surface area contributed by atoms with E-state index in [0.29, 0.717) is 12.3 Å². The second kappa shape index (κ2) is 6.28. The second-order valence-electron chi connectivity index (χ2n) is 4.57. The van der Waals surface area contributed by atoms with Gasteiger partial charge < -0.3 is 10.5 Å². The molecule has 0 aliphatic heterocycles. The number of nitrogens with two attached hydrogens (primary N) is 1. The Bertz CT molecular complexity index is 374. The molecule has 0 radical (unpaired) electrons. The van der Waals surface area contributed by atoms with Crippen LogP contribution in [0.3, 0.4) is 0 Å². The molecule has 0 bridgehead atoms. The third kappa shape index (κ3) is 4.10. The van der Waals surface area contributed by atoms with Crippen LogP contribution < -0.4 is 10.5 Å². The average Bonchev–Trinajstić information content (AvgIpc) is 2.28. The second-order valence-corrected chi connectivity index (χ2v) is 4.57. The van der Waals surface area contributed by atoms with E-state index in [1.807, 2.05) is 25.1 Å². The molecule has 0 aromatic heterocycles. The minimum atomic E-state index is -0.00704. The molecule has 1 aromatic carbocycles. The molecular weight excluding hydrogens is 212 g/mol. The lowest BCUT2D eigenvalue weighted by Gasteiger charge is -2.20. The Labute approximate surface area is 103 Å². The lowest BCUT2D eigenvalue weighted by molar-refractivity contribution is 0.202. The normalized spacial score (nSPS) is 12.5. The van der Waals surface area contributed by atoms with Crippen molar-refractivity contribution >= 4 is 5.84 Å². The van der Waals surface area contributed by atoms with Gasteiger partial charge in [-0.2, -0.15) is 0 Å². The molecule has 0 spiro atoms. The van der Waals surface area contributed by atoms with Crippen molar-refractivity contribution in [3.05, 3.63) is 29.8 Å². The van der Waals surface area contributed by atoms with Gasteiger partial charge in [0.25, 0.3) is 0 Å². The highest BCUT2D eigenvalue weighted by Crippen LogP contribution is 2.27. The molecule has 1 atom stereocenters. The van der Waals surface area contributed by atoms with E-state index in [4.69, 9.17) is 15.9 Å². The van der Waals surface area contributed by atoms with E-state index >= 15 is 0 Å². The lowest BCUT2D eigenvalue weighted by Crippen LogP contribution is -2.24. The van der Waals surface area contributed by atoms with Crippen LogP contribution >= 0.6 is 0 Å². The van der Waals surface area contributed by atoms with E-state index in [2.05, 4.69) is 19.9 Å². The summed E-state index contributed by atoms with van der Waals surface area (Å²) in [5, 5.41) is 7.33. The molecule has 1 unspecified atom stereocenters. The van der Waals surface area contributed by atoms with Gasteiger partial charge >= 0.3 is 0 Å². The highest BCUT2D eigenvalue weighted by molar-refractivity contribution is 5.77. The first-order chi connectivity index (χ1) is 8.04. The monoisotopic (exact) mass is 234 g/mol. The molecule has 3 heteroatoms. The number of ether oxygens (including phenoxy) is 1. The van der Waals surface area contributed by atoms with Crippen LogP contribution in [-0.4, -0.2) is 11.9 Å². The summed E-state index contributed by atoms with van der Waals surface area (Å²) in [6.45, 7) is 6.34. The molecule has 94 valence electrons. The zero-order valence-electron chi connectivity index (χ0n) is 10.9. The van der Waals surface area contributed by atoms with E-state index in [1.54, 1.807) is 0 Å². The van der Waals surface area contributed by atoms with E-state index < -0.39 is 0 Å². The maximum absolute atomic E-state index is 7.33. The SMILES string of the molecule is CCC(CC(=N)N)Oc1ccccc1C(C)C. The predicted molar refractivity (Wildman–Crippen MR) is 71.8 cm³/mol. The first kappa shape index (κ1) is 13.6. The summed E-state index contributed by atoms with van der Waals surface area (Å²) in [5.74, 6) is 1.52. The molecule has 3 N–H and O–H groups in total. The van der Waals surface area contributed by atoms with E-state index in [-0.39, 0.29) is 11.9 Å². The van der Waals surface area contributed by atoms with Crippen molar-refractivity contribution in [2.75, 3.05) is 0 Å². The predicted octanol–water partition coefficient (Wildman–Crippen LogP) is 3.29. The van der Waals surface area contributed by atoms with Gasteiger partial charge in [0.1, 0.15) is 11.9 Å². The van der Waals surface area contributed by atoms with Gasteiger partial charge in [-0.3, -0.25) is 5.41 Å². The van der Waals surface area contributed by atoms with Crippen LogP contribution in [0.1, 0.15) is 45.1 Å². The average molecular weight is 234 g/mol. The number of hydrogen-bond acceptors (Lipinski definition) is 2. The molecule has 0 saturated heterocycles. The van der Waals surface area contributed by atoms with E-state index in [9.17, 15) is 0 Å². The molecule has 0 fully saturated rings. The standard InChI is InChI=1S/C14H22N2O/c1-4-11(9-14(15)16)17-13-8-6-5-7-12(13)10(2)3/h5-8,10-11H,4,9H2,1-3H3,(H3,15,16). The number of benzene rings is 1. The van der Waals surface area contributed by atoms with Gasteiger partial charge in [0.05, 0.1) is 5.84 Å². The number of hydrogen-bond donors (Lipinski definition) is 2. The fourth-order valence-electron chi connectivity index (χ4n) is 1.76. The fraction of sp³-hybridized carbons (Fsp3) is 0.500. The maximum atomic E-state index is 7.33. The molecule has 0 aliphatic carbocycles. The molecule has 0 amide bonds. The van der Waals surface area contributed by atoms with Gasteiger partial charge in [0.15, 0.2) is 0 Å². The molecule has 17 heavy (non-hydrogen) atoms. The number of nitrogens with one attached hydrogen (secondary N) is 1. The Morgan fingerprint density at radius 2 is 2.00 bits per heavy atom. The van der Waals surface area contributed by atoms with Gasteiger partial charge in [0.2, 0.25) is 0 Å². The molecule has 0 heterocycles. The number of rotatable bonds is 6. The zero-order chi connectivity index (χ0) is 12.8. The summed E-state index contributed by atoms with van der Waals surface area (Å²) in [5.41, 5.74) is 6.63. The van der Waals surface area contributed by atoms with Crippen molar-refractivity contribution in [2.24, 2.45) is 5.73 Å². The number of para-hydroxylation sites is 1. The molecular formula is C14H22N2O. The molecule has 3 nitrogen and oxygen atoms in total. The molecule has 1 rings (SSSR count). The highest BCUT2D eigenvalue weighted by atomic mass is 16.5. The van der Waals surface area contributed by atoms with Gasteiger partial charge in [-0.25, -0.2) is 0 Å². The van der Waals surface area contributed by atoms with Crippen LogP contribution in [0.2, 0.25) is 0 Å². The van der Waals surface area contributed by atoms with Gasteiger partial charge in [-0.1, -0.05) is 39.0 Å². The van der Waals surface area contributed by atoms with Crippen molar-refractivity contribution in [3.8, 4) is 5.75 Å². The summed E-state index contributed by atoms with van der Waals surface area (Å²) in [6, 6.07) is 8.06. The summed E-state index contributed by atoms with van der Waals surface area (Å²) in [6.07, 6.45) is 1.34. The van der Waals surface area contributed by atoms with Gasteiger partial charge in [-0.05, 0) is 24.0 Å². The minimum Gasteiger partial charge on any atom is -0.490 e. The third-order valence-corrected chi connectivity index (χ3v) is 2.74. The molecule has 0 aliphatic rings. The van der Waals surface area contributed by atoms with Gasteiger partial charge in [-0.15, -0.1) is 0 Å². The molecule has 0 saturated carbocycles. The largest absolute Gasteiger partial charge is 0.490 e. The quantitative estimate of drug-likeness (QED) is 0.586. The first-order valence-electron chi connectivity index (χ1n) is 6.13. The topological polar surface area (TPSA) is 59.1 Å². The Morgan fingerprint density at radius 1 is 1.35 bits per heavy atom. The number of amidine groups is 1. The fourth-order valence-corrected chi connectivity index (χ4v) is 1.76. The zero-order valence-corrected chi connectivity index (χ0v) is 10.9. The van der Waals surface area contributed by atoms with Crippen LogP contribution in [0.4, 0.5) is 0 Å². The lowest BCUT2D eigenvalue weighted by atomic mass is 10.0. The van der Waals surface area contributed by atoms with Crippen LogP contribution in [0.15, 0.2) is 24.3 Å². The van der Waals surface area contributed by atoms with Crippen molar-refractivity contribution in [1.82, 2.24) is 0 Å². The Kier molecular flexibility index (Phi) is 5.01.